The van der Waals surface area contributed by atoms with Crippen LogP contribution in [0.3, 0.4) is 0 Å². The Kier molecular flexibility index (Phi) is 3.82. The molecule has 7 heteroatoms. The summed E-state index contributed by atoms with van der Waals surface area (Å²) in [5.74, 6) is 1.83. The monoisotopic (exact) mass is 327 g/mol. The fourth-order valence-corrected chi connectivity index (χ4v) is 3.52. The zero-order valence-corrected chi connectivity index (χ0v) is 13.7. The van der Waals surface area contributed by atoms with Crippen molar-refractivity contribution < 1.29 is 5.11 Å². The standard InChI is InChI=1S/C17H21N5O2/c1-20-16(24)13-4-2-3-5-14(13)22-15(18-19-17(20)22)10-21-8-6-12(11-23)7-9-21/h2-5,12,23H,6-11H2,1H3. The molecule has 1 aromatic carbocycles. The summed E-state index contributed by atoms with van der Waals surface area (Å²) in [5.41, 5.74) is 0.793. The zero-order valence-electron chi connectivity index (χ0n) is 13.7. The largest absolute Gasteiger partial charge is 0.396 e. The summed E-state index contributed by atoms with van der Waals surface area (Å²) in [7, 11) is 1.73. The van der Waals surface area contributed by atoms with Gasteiger partial charge in [0.15, 0.2) is 5.82 Å². The maximum Gasteiger partial charge on any atom is 0.262 e. The van der Waals surface area contributed by atoms with E-state index < -0.39 is 0 Å². The van der Waals surface area contributed by atoms with Crippen molar-refractivity contribution >= 4 is 16.7 Å². The quantitative estimate of drug-likeness (QED) is 0.769. The molecule has 1 fully saturated rings. The van der Waals surface area contributed by atoms with Gasteiger partial charge in [0.2, 0.25) is 5.78 Å². The molecule has 3 aromatic rings. The van der Waals surface area contributed by atoms with Crippen molar-refractivity contribution in [2.45, 2.75) is 19.4 Å². The van der Waals surface area contributed by atoms with Gasteiger partial charge in [-0.25, -0.2) is 0 Å². The summed E-state index contributed by atoms with van der Waals surface area (Å²) in [4.78, 5) is 14.8. The Morgan fingerprint density at radius 2 is 1.96 bits per heavy atom. The highest BCUT2D eigenvalue weighted by Crippen LogP contribution is 2.19. The number of benzene rings is 1. The average Bonchev–Trinajstić information content (AvgIpc) is 3.04. The third-order valence-electron chi connectivity index (χ3n) is 5.02. The van der Waals surface area contributed by atoms with E-state index in [1.165, 1.54) is 0 Å². The van der Waals surface area contributed by atoms with Crippen molar-refractivity contribution in [3.05, 3.63) is 40.4 Å². The molecule has 0 saturated carbocycles. The number of rotatable bonds is 3. The molecule has 0 bridgehead atoms. The van der Waals surface area contributed by atoms with E-state index in [-0.39, 0.29) is 12.2 Å². The van der Waals surface area contributed by atoms with Crippen molar-refractivity contribution in [1.82, 2.24) is 24.1 Å². The fourth-order valence-electron chi connectivity index (χ4n) is 3.52. The maximum atomic E-state index is 12.5. The molecule has 1 aliphatic heterocycles. The van der Waals surface area contributed by atoms with Gasteiger partial charge in [-0.3, -0.25) is 18.7 Å². The van der Waals surface area contributed by atoms with Crippen molar-refractivity contribution in [2.75, 3.05) is 19.7 Å². The number of hydrogen-bond donors (Lipinski definition) is 1. The second-order valence-corrected chi connectivity index (χ2v) is 6.54. The SMILES string of the molecule is Cn1c(=O)c2ccccc2n2c(CN3CCC(CO)CC3)nnc12. The van der Waals surface area contributed by atoms with Gasteiger partial charge in [-0.2, -0.15) is 0 Å². The Hall–Kier alpha value is -2.25. The summed E-state index contributed by atoms with van der Waals surface area (Å²) in [6.07, 6.45) is 2.01. The highest BCUT2D eigenvalue weighted by molar-refractivity contribution is 5.80. The maximum absolute atomic E-state index is 12.5. The lowest BCUT2D eigenvalue weighted by Crippen LogP contribution is -2.35. The van der Waals surface area contributed by atoms with E-state index in [0.29, 0.717) is 23.6 Å². The number of para-hydroxylation sites is 1. The van der Waals surface area contributed by atoms with Crippen molar-refractivity contribution in [1.29, 1.82) is 0 Å². The molecule has 0 atom stereocenters. The van der Waals surface area contributed by atoms with E-state index in [1.807, 2.05) is 28.7 Å². The number of nitrogens with zero attached hydrogens (tertiary/aromatic N) is 5. The smallest absolute Gasteiger partial charge is 0.262 e. The Balaban J connectivity index is 1.76. The van der Waals surface area contributed by atoms with Crippen LogP contribution in [-0.2, 0) is 13.6 Å². The Bertz CT molecular complexity index is 937. The van der Waals surface area contributed by atoms with Gasteiger partial charge in [0.25, 0.3) is 5.56 Å². The summed E-state index contributed by atoms with van der Waals surface area (Å²) in [5, 5.41) is 18.5. The van der Waals surface area contributed by atoms with Crippen LogP contribution < -0.4 is 5.56 Å². The minimum atomic E-state index is -0.0548. The first-order chi connectivity index (χ1) is 11.7. The molecule has 24 heavy (non-hydrogen) atoms. The van der Waals surface area contributed by atoms with Gasteiger partial charge in [-0.1, -0.05) is 12.1 Å². The molecular weight excluding hydrogens is 306 g/mol. The predicted octanol–water partition coefficient (Wildman–Crippen LogP) is 0.785. The molecule has 7 nitrogen and oxygen atoms in total. The van der Waals surface area contributed by atoms with Crippen LogP contribution in [0.25, 0.3) is 16.7 Å². The summed E-state index contributed by atoms with van der Waals surface area (Å²) in [6.45, 7) is 2.86. The van der Waals surface area contributed by atoms with Gasteiger partial charge in [-0.15, -0.1) is 10.2 Å². The van der Waals surface area contributed by atoms with Crippen LogP contribution in [0.4, 0.5) is 0 Å². The number of aliphatic hydroxyl groups is 1. The van der Waals surface area contributed by atoms with Gasteiger partial charge in [0, 0.05) is 13.7 Å². The van der Waals surface area contributed by atoms with Crippen LogP contribution >= 0.6 is 0 Å². The number of piperidine rings is 1. The van der Waals surface area contributed by atoms with Crippen molar-refractivity contribution in [2.24, 2.45) is 13.0 Å². The molecule has 0 unspecified atom stereocenters. The first-order valence-corrected chi connectivity index (χ1v) is 8.34. The minimum absolute atomic E-state index is 0.0548. The number of hydrogen-bond acceptors (Lipinski definition) is 5. The van der Waals surface area contributed by atoms with Crippen LogP contribution in [0.1, 0.15) is 18.7 Å². The Labute approximate surface area is 139 Å². The average molecular weight is 327 g/mol. The molecule has 126 valence electrons. The molecule has 0 amide bonds. The van der Waals surface area contributed by atoms with Gasteiger partial charge in [-0.05, 0) is 44.0 Å². The topological polar surface area (TPSA) is 75.7 Å². The van der Waals surface area contributed by atoms with Gasteiger partial charge in [0.05, 0.1) is 17.4 Å². The van der Waals surface area contributed by atoms with Crippen LogP contribution in [-0.4, -0.2) is 48.9 Å². The molecule has 0 aliphatic carbocycles. The lowest BCUT2D eigenvalue weighted by atomic mass is 9.98. The van der Waals surface area contributed by atoms with Crippen LogP contribution in [0.2, 0.25) is 0 Å². The molecule has 1 aliphatic rings. The van der Waals surface area contributed by atoms with Crippen molar-refractivity contribution in [3.8, 4) is 0 Å². The van der Waals surface area contributed by atoms with Gasteiger partial charge in [0.1, 0.15) is 0 Å². The number of aryl methyl sites for hydroxylation is 1. The van der Waals surface area contributed by atoms with E-state index in [4.69, 9.17) is 0 Å². The first kappa shape index (κ1) is 15.3. The molecular formula is C17H21N5O2. The highest BCUT2D eigenvalue weighted by atomic mass is 16.3. The second-order valence-electron chi connectivity index (χ2n) is 6.54. The lowest BCUT2D eigenvalue weighted by molar-refractivity contribution is 0.125. The summed E-state index contributed by atoms with van der Waals surface area (Å²) in [6, 6.07) is 7.58. The minimum Gasteiger partial charge on any atom is -0.396 e. The second kappa shape index (κ2) is 5.99. The molecule has 3 heterocycles. The third kappa shape index (κ3) is 2.40. The Morgan fingerprint density at radius 1 is 1.21 bits per heavy atom. The van der Waals surface area contributed by atoms with Crippen LogP contribution in [0, 0.1) is 5.92 Å². The molecule has 0 spiro atoms. The highest BCUT2D eigenvalue weighted by Gasteiger charge is 2.21. The number of aromatic nitrogens is 4. The summed E-state index contributed by atoms with van der Waals surface area (Å²) >= 11 is 0. The Morgan fingerprint density at radius 3 is 2.71 bits per heavy atom. The molecule has 1 N–H and O–H groups in total. The van der Waals surface area contributed by atoms with E-state index in [2.05, 4.69) is 15.1 Å². The number of fused-ring (bicyclic) bond motifs is 3. The van der Waals surface area contributed by atoms with E-state index in [1.54, 1.807) is 11.6 Å². The van der Waals surface area contributed by atoms with E-state index >= 15 is 0 Å². The molecule has 4 rings (SSSR count). The van der Waals surface area contributed by atoms with E-state index in [0.717, 1.165) is 37.3 Å². The predicted molar refractivity (Wildman–Crippen MR) is 90.8 cm³/mol. The first-order valence-electron chi connectivity index (χ1n) is 8.34. The lowest BCUT2D eigenvalue weighted by Gasteiger charge is -2.30. The van der Waals surface area contributed by atoms with Gasteiger partial charge >= 0.3 is 0 Å². The molecule has 2 aromatic heterocycles. The summed E-state index contributed by atoms with van der Waals surface area (Å²) < 4.78 is 3.53. The third-order valence-corrected chi connectivity index (χ3v) is 5.02. The normalized spacial score (nSPS) is 17.1. The van der Waals surface area contributed by atoms with Gasteiger partial charge < -0.3 is 5.11 Å². The van der Waals surface area contributed by atoms with E-state index in [9.17, 15) is 9.90 Å². The molecule has 1 saturated heterocycles. The van der Waals surface area contributed by atoms with Crippen molar-refractivity contribution in [3.63, 3.8) is 0 Å². The number of aliphatic hydroxyl groups excluding tert-OH is 1. The van der Waals surface area contributed by atoms with Crippen LogP contribution in [0.5, 0.6) is 0 Å². The molecule has 0 radical (unpaired) electrons. The van der Waals surface area contributed by atoms with Crippen LogP contribution in [0.15, 0.2) is 29.1 Å². The fraction of sp³-hybridized carbons (Fsp3) is 0.471. The number of likely N-dealkylation sites (tertiary alicyclic amines) is 1. The zero-order chi connectivity index (χ0) is 16.7.